The van der Waals surface area contributed by atoms with E-state index in [2.05, 4.69) is 10.3 Å². The first kappa shape index (κ1) is 12.6. The van der Waals surface area contributed by atoms with E-state index in [1.54, 1.807) is 10.8 Å². The van der Waals surface area contributed by atoms with Gasteiger partial charge < -0.3 is 20.7 Å². The molecule has 1 aliphatic rings. The molecule has 0 spiro atoms. The predicted octanol–water partition coefficient (Wildman–Crippen LogP) is -0.564. The maximum Gasteiger partial charge on any atom is 0.311 e. The van der Waals surface area contributed by atoms with Gasteiger partial charge >= 0.3 is 5.97 Å². The molecule has 7 nitrogen and oxygen atoms in total. The molecule has 0 radical (unpaired) electrons. The predicted molar refractivity (Wildman–Crippen MR) is 62.9 cm³/mol. The van der Waals surface area contributed by atoms with Gasteiger partial charge in [0.1, 0.15) is 5.69 Å². The fourth-order valence-corrected chi connectivity index (χ4v) is 1.71. The number of imidazole rings is 1. The topological polar surface area (TPSA) is 110 Å². The number of carbonyl (C=O) groups excluding carboxylic acids is 1. The zero-order chi connectivity index (χ0) is 13.2. The molecule has 2 rings (SSSR count). The van der Waals surface area contributed by atoms with Gasteiger partial charge in [0.2, 0.25) is 0 Å². The van der Waals surface area contributed by atoms with Crippen LogP contribution in [0.3, 0.4) is 0 Å². The van der Waals surface area contributed by atoms with Gasteiger partial charge in [0.15, 0.2) is 0 Å². The van der Waals surface area contributed by atoms with Gasteiger partial charge in [-0.25, -0.2) is 4.98 Å². The van der Waals surface area contributed by atoms with Crippen LogP contribution in [0.1, 0.15) is 23.3 Å². The van der Waals surface area contributed by atoms with Crippen LogP contribution in [0.5, 0.6) is 0 Å². The van der Waals surface area contributed by atoms with Crippen LogP contribution in [-0.4, -0.2) is 39.6 Å². The molecule has 0 unspecified atom stereocenters. The van der Waals surface area contributed by atoms with Crippen molar-refractivity contribution < 1.29 is 14.7 Å². The third kappa shape index (κ3) is 2.51. The Labute approximate surface area is 104 Å². The lowest BCUT2D eigenvalue weighted by Crippen LogP contribution is -2.34. The summed E-state index contributed by atoms with van der Waals surface area (Å²) in [7, 11) is 0. The van der Waals surface area contributed by atoms with Crippen LogP contribution in [0.2, 0.25) is 0 Å². The van der Waals surface area contributed by atoms with Crippen LogP contribution in [0.4, 0.5) is 0 Å². The van der Waals surface area contributed by atoms with Crippen molar-refractivity contribution in [3.05, 3.63) is 18.2 Å². The van der Waals surface area contributed by atoms with Crippen molar-refractivity contribution in [2.24, 2.45) is 11.1 Å². The third-order valence-corrected chi connectivity index (χ3v) is 3.15. The number of rotatable bonds is 6. The third-order valence-electron chi connectivity index (χ3n) is 3.15. The molecule has 1 amide bonds. The number of aromatic nitrogens is 2. The molecule has 0 aliphatic heterocycles. The highest BCUT2D eigenvalue weighted by Gasteiger charge is 2.50. The summed E-state index contributed by atoms with van der Waals surface area (Å²) < 4.78 is 1.72. The second-order valence-electron chi connectivity index (χ2n) is 4.55. The van der Waals surface area contributed by atoms with Gasteiger partial charge in [-0.1, -0.05) is 0 Å². The Hall–Kier alpha value is -1.89. The number of nitrogens with zero attached hydrogens (tertiary/aromatic N) is 2. The number of nitrogens with two attached hydrogens (primary N) is 1. The van der Waals surface area contributed by atoms with E-state index in [9.17, 15) is 9.59 Å². The smallest absolute Gasteiger partial charge is 0.311 e. The SMILES string of the molecule is NCCn1cnc(C(=O)NCC2(C(=O)O)CC2)c1. The van der Waals surface area contributed by atoms with Gasteiger partial charge in [-0.05, 0) is 12.8 Å². The van der Waals surface area contributed by atoms with E-state index in [1.165, 1.54) is 6.33 Å². The molecule has 7 heteroatoms. The highest BCUT2D eigenvalue weighted by atomic mass is 16.4. The maximum atomic E-state index is 11.7. The average Bonchev–Trinajstić information content (AvgIpc) is 3.00. The number of carboxylic acid groups (broad SMARTS) is 1. The second kappa shape index (κ2) is 4.77. The van der Waals surface area contributed by atoms with Crippen molar-refractivity contribution in [2.45, 2.75) is 19.4 Å². The fourth-order valence-electron chi connectivity index (χ4n) is 1.71. The van der Waals surface area contributed by atoms with Gasteiger partial charge in [-0.3, -0.25) is 9.59 Å². The summed E-state index contributed by atoms with van der Waals surface area (Å²) in [5.41, 5.74) is 4.92. The summed E-state index contributed by atoms with van der Waals surface area (Å²) in [4.78, 5) is 26.6. The normalized spacial score (nSPS) is 16.3. The standard InChI is InChI=1S/C11H16N4O3/c12-3-4-15-5-8(14-7-15)9(16)13-6-11(1-2-11)10(17)18/h5,7H,1-4,6,12H2,(H,13,16)(H,17,18). The van der Waals surface area contributed by atoms with Crippen LogP contribution in [-0.2, 0) is 11.3 Å². The van der Waals surface area contributed by atoms with Crippen LogP contribution in [0, 0.1) is 5.41 Å². The Balaban J connectivity index is 1.89. The minimum Gasteiger partial charge on any atom is -0.481 e. The Kier molecular flexibility index (Phi) is 3.33. The van der Waals surface area contributed by atoms with Crippen LogP contribution >= 0.6 is 0 Å². The van der Waals surface area contributed by atoms with E-state index in [0.29, 0.717) is 25.9 Å². The molecule has 1 aromatic heterocycles. The minimum atomic E-state index is -0.850. The number of nitrogens with one attached hydrogen (secondary N) is 1. The highest BCUT2D eigenvalue weighted by Crippen LogP contribution is 2.45. The van der Waals surface area contributed by atoms with Crippen molar-refractivity contribution >= 4 is 11.9 Å². The fraction of sp³-hybridized carbons (Fsp3) is 0.545. The second-order valence-corrected chi connectivity index (χ2v) is 4.55. The highest BCUT2D eigenvalue weighted by molar-refractivity contribution is 5.92. The number of amides is 1. The average molecular weight is 252 g/mol. The monoisotopic (exact) mass is 252 g/mol. The van der Waals surface area contributed by atoms with E-state index in [-0.39, 0.29) is 18.1 Å². The molecular weight excluding hydrogens is 236 g/mol. The number of carboxylic acids is 1. The van der Waals surface area contributed by atoms with E-state index in [4.69, 9.17) is 10.8 Å². The molecule has 1 aromatic rings. The molecule has 1 aliphatic carbocycles. The largest absolute Gasteiger partial charge is 0.481 e. The molecule has 0 bridgehead atoms. The van der Waals surface area contributed by atoms with Crippen molar-refractivity contribution in [1.82, 2.24) is 14.9 Å². The van der Waals surface area contributed by atoms with E-state index < -0.39 is 11.4 Å². The number of hydrogen-bond donors (Lipinski definition) is 3. The summed E-state index contributed by atoms with van der Waals surface area (Å²) in [6.07, 6.45) is 4.36. The Bertz CT molecular complexity index is 465. The van der Waals surface area contributed by atoms with E-state index in [1.807, 2.05) is 0 Å². The van der Waals surface area contributed by atoms with Crippen molar-refractivity contribution in [3.63, 3.8) is 0 Å². The van der Waals surface area contributed by atoms with Gasteiger partial charge in [0.25, 0.3) is 5.91 Å². The lowest BCUT2D eigenvalue weighted by Gasteiger charge is -2.09. The molecule has 1 saturated carbocycles. The molecule has 98 valence electrons. The molecule has 4 N–H and O–H groups in total. The Morgan fingerprint density at radius 3 is 2.83 bits per heavy atom. The van der Waals surface area contributed by atoms with Crippen molar-refractivity contribution in [2.75, 3.05) is 13.1 Å². The molecule has 1 fully saturated rings. The van der Waals surface area contributed by atoms with Crippen LogP contribution in [0.25, 0.3) is 0 Å². The first-order chi connectivity index (χ1) is 8.57. The number of aliphatic carboxylic acids is 1. The maximum absolute atomic E-state index is 11.7. The Morgan fingerprint density at radius 1 is 1.56 bits per heavy atom. The number of hydrogen-bond acceptors (Lipinski definition) is 4. The summed E-state index contributed by atoms with van der Waals surface area (Å²) >= 11 is 0. The van der Waals surface area contributed by atoms with Crippen molar-refractivity contribution in [1.29, 1.82) is 0 Å². The Morgan fingerprint density at radius 2 is 2.28 bits per heavy atom. The molecule has 0 atom stereocenters. The summed E-state index contributed by atoms with van der Waals surface area (Å²) in [6, 6.07) is 0. The van der Waals surface area contributed by atoms with Gasteiger partial charge in [0.05, 0.1) is 11.7 Å². The zero-order valence-corrected chi connectivity index (χ0v) is 9.93. The first-order valence-electron chi connectivity index (χ1n) is 5.81. The van der Waals surface area contributed by atoms with Gasteiger partial charge in [-0.2, -0.15) is 0 Å². The van der Waals surface area contributed by atoms with Gasteiger partial charge in [-0.15, -0.1) is 0 Å². The summed E-state index contributed by atoms with van der Waals surface area (Å²) in [6.45, 7) is 1.23. The van der Waals surface area contributed by atoms with E-state index >= 15 is 0 Å². The van der Waals surface area contributed by atoms with Crippen LogP contribution in [0.15, 0.2) is 12.5 Å². The van der Waals surface area contributed by atoms with Gasteiger partial charge in [0, 0.05) is 25.8 Å². The number of carbonyl (C=O) groups is 2. The van der Waals surface area contributed by atoms with E-state index in [0.717, 1.165) is 0 Å². The van der Waals surface area contributed by atoms with Crippen LogP contribution < -0.4 is 11.1 Å². The molecular formula is C11H16N4O3. The quantitative estimate of drug-likeness (QED) is 0.628. The summed E-state index contributed by atoms with van der Waals surface area (Å²) in [5, 5.41) is 11.6. The molecule has 0 aromatic carbocycles. The molecule has 1 heterocycles. The lowest BCUT2D eigenvalue weighted by molar-refractivity contribution is -0.143. The minimum absolute atomic E-state index is 0.158. The lowest BCUT2D eigenvalue weighted by atomic mass is 10.1. The summed E-state index contributed by atoms with van der Waals surface area (Å²) in [5.74, 6) is -1.20. The van der Waals surface area contributed by atoms with Crippen molar-refractivity contribution in [3.8, 4) is 0 Å². The zero-order valence-electron chi connectivity index (χ0n) is 9.93. The molecule has 18 heavy (non-hydrogen) atoms. The molecule has 0 saturated heterocycles. The first-order valence-corrected chi connectivity index (χ1v) is 5.81.